The molecule has 0 spiro atoms. The van der Waals surface area contributed by atoms with Gasteiger partial charge in [-0.2, -0.15) is 0 Å². The van der Waals surface area contributed by atoms with E-state index in [1.807, 2.05) is 49.4 Å². The summed E-state index contributed by atoms with van der Waals surface area (Å²) in [5, 5.41) is 10.7. The Bertz CT molecular complexity index is 2670. The van der Waals surface area contributed by atoms with Gasteiger partial charge < -0.3 is 5.73 Å². The molecule has 0 aromatic heterocycles. The van der Waals surface area contributed by atoms with Gasteiger partial charge in [0.2, 0.25) is 0 Å². The standard InChI is InChI=1S/C23H16.C15H14.C8H9N.C8H10/c1-15-10-12-20-18-8-4-5-9-19(18)21-13-11-16-6-2-3-7-17(16)23(21)22(20)14-15;1-12(2)14-9-6-10-15(11-14)13-7-4-3-5-8-13;1-7(9)8-5-3-2-4-6-8;1-2-8-6-4-3-5-7-8/h2-14H,1H3;3-11H,1H2,2H3;2-6H,1,9H2;3-7H,2H2,1H3. The van der Waals surface area contributed by atoms with Crippen molar-refractivity contribution >= 4 is 54.4 Å². The Kier molecular flexibility index (Phi) is 12.7. The van der Waals surface area contributed by atoms with E-state index in [9.17, 15) is 0 Å². The summed E-state index contributed by atoms with van der Waals surface area (Å²) in [6.07, 6.45) is 1.14. The highest BCUT2D eigenvalue weighted by molar-refractivity contribution is 6.31. The fourth-order valence-corrected chi connectivity index (χ4v) is 6.80. The van der Waals surface area contributed by atoms with E-state index in [0.29, 0.717) is 5.70 Å². The van der Waals surface area contributed by atoms with E-state index in [2.05, 4.69) is 179 Å². The molecule has 55 heavy (non-hydrogen) atoms. The van der Waals surface area contributed by atoms with Crippen molar-refractivity contribution in [3.05, 3.63) is 230 Å². The molecule has 0 radical (unpaired) electrons. The summed E-state index contributed by atoms with van der Waals surface area (Å²) >= 11 is 0. The molecule has 0 fully saturated rings. The van der Waals surface area contributed by atoms with Crippen molar-refractivity contribution in [2.24, 2.45) is 5.73 Å². The molecular formula is C54H49N. The van der Waals surface area contributed by atoms with E-state index in [1.165, 1.54) is 70.9 Å². The number of hydrogen-bond donors (Lipinski definition) is 1. The first-order valence-corrected chi connectivity index (χ1v) is 18.9. The lowest BCUT2D eigenvalue weighted by Crippen LogP contribution is -1.91. The molecule has 0 saturated heterocycles. The molecule has 0 amide bonds. The fourth-order valence-electron chi connectivity index (χ4n) is 6.80. The van der Waals surface area contributed by atoms with Crippen LogP contribution in [0, 0.1) is 6.92 Å². The van der Waals surface area contributed by atoms with E-state index in [1.54, 1.807) is 0 Å². The predicted molar refractivity (Wildman–Crippen MR) is 243 cm³/mol. The van der Waals surface area contributed by atoms with E-state index >= 15 is 0 Å². The van der Waals surface area contributed by atoms with E-state index in [0.717, 1.165) is 17.6 Å². The number of aryl methyl sites for hydroxylation is 2. The third kappa shape index (κ3) is 9.46. The normalized spacial score (nSPS) is 10.4. The number of hydrogen-bond acceptors (Lipinski definition) is 1. The maximum absolute atomic E-state index is 5.42. The Morgan fingerprint density at radius 1 is 0.455 bits per heavy atom. The molecule has 0 aliphatic rings. The summed E-state index contributed by atoms with van der Waals surface area (Å²) in [5.74, 6) is 0. The molecule has 2 N–H and O–H groups in total. The van der Waals surface area contributed by atoms with E-state index in [-0.39, 0.29) is 0 Å². The zero-order valence-corrected chi connectivity index (χ0v) is 32.2. The van der Waals surface area contributed by atoms with E-state index < -0.39 is 0 Å². The lowest BCUT2D eigenvalue weighted by Gasteiger charge is -2.13. The van der Waals surface area contributed by atoms with Crippen LogP contribution in [0.1, 0.15) is 36.1 Å². The van der Waals surface area contributed by atoms with Gasteiger partial charge in [0.25, 0.3) is 0 Å². The molecular weight excluding hydrogens is 663 g/mol. The minimum absolute atomic E-state index is 0.621. The minimum atomic E-state index is 0.621. The number of rotatable bonds is 4. The average molecular weight is 712 g/mol. The van der Waals surface area contributed by atoms with Crippen LogP contribution in [0.5, 0.6) is 0 Å². The Morgan fingerprint density at radius 3 is 1.56 bits per heavy atom. The molecule has 0 aliphatic heterocycles. The molecule has 0 aliphatic carbocycles. The quantitative estimate of drug-likeness (QED) is 0.181. The SMILES string of the molecule is C=C(C)c1cccc(-c2ccccc2)c1.C=C(N)c1ccccc1.CCc1ccccc1.Cc1ccc2c3ccccc3c3ccc4ccccc4c3c2c1. The van der Waals surface area contributed by atoms with Gasteiger partial charge in [0, 0.05) is 5.70 Å². The second kappa shape index (κ2) is 18.4. The average Bonchev–Trinajstić information content (AvgIpc) is 3.25. The van der Waals surface area contributed by atoms with Crippen LogP contribution in [0.2, 0.25) is 0 Å². The Balaban J connectivity index is 0.000000138. The topological polar surface area (TPSA) is 26.0 Å². The second-order valence-corrected chi connectivity index (χ2v) is 13.8. The molecule has 1 nitrogen and oxygen atoms in total. The lowest BCUT2D eigenvalue weighted by atomic mass is 9.90. The Labute approximate surface area is 326 Å². The first-order chi connectivity index (χ1) is 26.8. The first kappa shape index (κ1) is 38.0. The Morgan fingerprint density at radius 2 is 0.964 bits per heavy atom. The van der Waals surface area contributed by atoms with Crippen LogP contribution >= 0.6 is 0 Å². The van der Waals surface area contributed by atoms with Gasteiger partial charge in [0.1, 0.15) is 0 Å². The highest BCUT2D eigenvalue weighted by atomic mass is 14.6. The van der Waals surface area contributed by atoms with Crippen LogP contribution in [-0.4, -0.2) is 0 Å². The van der Waals surface area contributed by atoms with Crippen LogP contribution in [0.25, 0.3) is 65.5 Å². The predicted octanol–water partition coefficient (Wildman–Crippen LogP) is 14.9. The maximum Gasteiger partial charge on any atom is 0.0314 e. The van der Waals surface area contributed by atoms with Crippen LogP contribution in [0.4, 0.5) is 0 Å². The molecule has 0 heterocycles. The summed E-state index contributed by atoms with van der Waals surface area (Å²) in [7, 11) is 0. The van der Waals surface area contributed by atoms with Gasteiger partial charge in [-0.1, -0.05) is 219 Å². The van der Waals surface area contributed by atoms with Gasteiger partial charge in [0.15, 0.2) is 0 Å². The fraction of sp³-hybridized carbons (Fsp3) is 0.0741. The van der Waals surface area contributed by atoms with Crippen molar-refractivity contribution in [1.82, 2.24) is 0 Å². The first-order valence-electron chi connectivity index (χ1n) is 18.9. The summed E-state index contributed by atoms with van der Waals surface area (Å²) in [5.41, 5.74) is 14.6. The van der Waals surface area contributed by atoms with Gasteiger partial charge in [-0.3, -0.25) is 0 Å². The largest absolute Gasteiger partial charge is 0.399 e. The molecule has 0 saturated carbocycles. The lowest BCUT2D eigenvalue weighted by molar-refractivity contribution is 1.14. The zero-order valence-electron chi connectivity index (χ0n) is 32.2. The number of nitrogens with two attached hydrogens (primary N) is 1. The van der Waals surface area contributed by atoms with Crippen molar-refractivity contribution in [2.75, 3.05) is 0 Å². The smallest absolute Gasteiger partial charge is 0.0314 e. The molecule has 0 bridgehead atoms. The minimum Gasteiger partial charge on any atom is -0.399 e. The van der Waals surface area contributed by atoms with Crippen molar-refractivity contribution in [2.45, 2.75) is 27.2 Å². The van der Waals surface area contributed by atoms with Gasteiger partial charge in [-0.05, 0) is 97.2 Å². The molecule has 1 heteroatoms. The van der Waals surface area contributed by atoms with Crippen LogP contribution < -0.4 is 5.73 Å². The van der Waals surface area contributed by atoms with Gasteiger partial charge in [-0.25, -0.2) is 0 Å². The maximum atomic E-state index is 5.42. The highest BCUT2D eigenvalue weighted by Gasteiger charge is 2.11. The number of allylic oxidation sites excluding steroid dienone is 1. The second-order valence-electron chi connectivity index (χ2n) is 13.8. The van der Waals surface area contributed by atoms with Crippen LogP contribution in [0.3, 0.4) is 0 Å². The zero-order chi connectivity index (χ0) is 38.6. The third-order valence-corrected chi connectivity index (χ3v) is 9.74. The Hall–Kier alpha value is -6.70. The van der Waals surface area contributed by atoms with Crippen molar-refractivity contribution in [3.8, 4) is 11.1 Å². The summed E-state index contributed by atoms with van der Waals surface area (Å²) < 4.78 is 0. The van der Waals surface area contributed by atoms with Crippen molar-refractivity contribution in [3.63, 3.8) is 0 Å². The van der Waals surface area contributed by atoms with Crippen LogP contribution in [0.15, 0.2) is 207 Å². The van der Waals surface area contributed by atoms with Gasteiger partial charge in [0.05, 0.1) is 0 Å². The third-order valence-electron chi connectivity index (χ3n) is 9.74. The number of fused-ring (bicyclic) bond motifs is 8. The van der Waals surface area contributed by atoms with Crippen molar-refractivity contribution < 1.29 is 0 Å². The summed E-state index contributed by atoms with van der Waals surface area (Å²) in [6.45, 7) is 13.9. The number of benzene rings is 9. The van der Waals surface area contributed by atoms with Gasteiger partial charge in [-0.15, -0.1) is 0 Å². The summed E-state index contributed by atoms with van der Waals surface area (Å²) in [6, 6.07) is 67.8. The van der Waals surface area contributed by atoms with E-state index in [4.69, 9.17) is 5.73 Å². The highest BCUT2D eigenvalue weighted by Crippen LogP contribution is 2.39. The monoisotopic (exact) mass is 711 g/mol. The molecule has 0 atom stereocenters. The molecule has 270 valence electrons. The summed E-state index contributed by atoms with van der Waals surface area (Å²) in [4.78, 5) is 0. The molecule has 9 aromatic rings. The molecule has 9 rings (SSSR count). The van der Waals surface area contributed by atoms with Gasteiger partial charge >= 0.3 is 0 Å². The molecule has 9 aromatic carbocycles. The van der Waals surface area contributed by atoms with Crippen molar-refractivity contribution in [1.29, 1.82) is 0 Å². The molecule has 0 unspecified atom stereocenters. The van der Waals surface area contributed by atoms with Crippen LogP contribution in [-0.2, 0) is 6.42 Å².